The summed E-state index contributed by atoms with van der Waals surface area (Å²) in [5.41, 5.74) is 0.123. The maximum atomic E-state index is 5.55. The van der Waals surface area contributed by atoms with Crippen LogP contribution in [0.1, 0.15) is 0 Å². The molecule has 2 aliphatic rings. The van der Waals surface area contributed by atoms with Crippen molar-refractivity contribution in [2.75, 3.05) is 32.9 Å². The maximum absolute atomic E-state index is 5.55. The van der Waals surface area contributed by atoms with Gasteiger partial charge in [-0.3, -0.25) is 0 Å². The van der Waals surface area contributed by atoms with Gasteiger partial charge in [-0.15, -0.1) is 0 Å². The second-order valence-corrected chi connectivity index (χ2v) is 2.78. The van der Waals surface area contributed by atoms with E-state index in [9.17, 15) is 0 Å². The molecule has 3 nitrogen and oxygen atoms in total. The highest BCUT2D eigenvalue weighted by atomic mass is 16.6. The molecule has 2 rings (SSSR count). The summed E-state index contributed by atoms with van der Waals surface area (Å²) in [7, 11) is 0. The number of hydrogen-bond acceptors (Lipinski definition) is 2. The summed E-state index contributed by atoms with van der Waals surface area (Å²) in [6.45, 7) is 4.55. The van der Waals surface area contributed by atoms with Crippen LogP contribution in [0.5, 0.6) is 0 Å². The van der Waals surface area contributed by atoms with Gasteiger partial charge in [0, 0.05) is 0 Å². The van der Waals surface area contributed by atoms with Crippen molar-refractivity contribution in [1.29, 1.82) is 0 Å². The van der Waals surface area contributed by atoms with E-state index in [1.165, 1.54) is 0 Å². The fourth-order valence-electron chi connectivity index (χ4n) is 1.32. The summed E-state index contributed by atoms with van der Waals surface area (Å²) < 4.78 is 10.8. The Morgan fingerprint density at radius 2 is 2.11 bits per heavy atom. The molecule has 0 aromatic heterocycles. The first-order chi connectivity index (χ1) is 4.41. The lowest BCUT2D eigenvalue weighted by molar-refractivity contribution is -0.746. The number of ether oxygens (including phenoxy) is 2. The van der Waals surface area contributed by atoms with Crippen LogP contribution in [-0.2, 0) is 9.47 Å². The van der Waals surface area contributed by atoms with Crippen LogP contribution < -0.4 is 5.32 Å². The van der Waals surface area contributed by atoms with E-state index in [-0.39, 0.29) is 5.60 Å². The lowest BCUT2D eigenvalue weighted by Crippen LogP contribution is -3.04. The molecule has 0 aliphatic carbocycles. The quantitative estimate of drug-likeness (QED) is 0.426. The van der Waals surface area contributed by atoms with Crippen molar-refractivity contribution >= 4 is 0 Å². The normalized spacial score (nSPS) is 32.0. The molecule has 3 heteroatoms. The highest BCUT2D eigenvalue weighted by molar-refractivity contribution is 4.85. The minimum absolute atomic E-state index is 0.123. The van der Waals surface area contributed by atoms with Gasteiger partial charge in [-0.1, -0.05) is 0 Å². The maximum Gasteiger partial charge on any atom is 0.188 e. The monoisotopic (exact) mass is 130 g/mol. The second-order valence-electron chi connectivity index (χ2n) is 2.78. The molecular weight excluding hydrogens is 118 g/mol. The molecule has 2 saturated heterocycles. The number of rotatable bonds is 0. The van der Waals surface area contributed by atoms with E-state index in [1.54, 1.807) is 0 Å². The van der Waals surface area contributed by atoms with Gasteiger partial charge in [-0.25, -0.2) is 0 Å². The summed E-state index contributed by atoms with van der Waals surface area (Å²) in [5, 5.41) is 2.24. The third-order valence-electron chi connectivity index (χ3n) is 2.03. The molecule has 0 aromatic carbocycles. The second kappa shape index (κ2) is 1.94. The third kappa shape index (κ3) is 0.852. The van der Waals surface area contributed by atoms with Crippen molar-refractivity contribution in [2.45, 2.75) is 5.60 Å². The molecule has 0 aromatic rings. The van der Waals surface area contributed by atoms with Crippen LogP contribution in [-0.4, -0.2) is 38.5 Å². The zero-order valence-corrected chi connectivity index (χ0v) is 5.43. The Morgan fingerprint density at radius 1 is 1.22 bits per heavy atom. The zero-order chi connectivity index (χ0) is 6.16. The molecule has 2 fully saturated rings. The predicted molar refractivity (Wildman–Crippen MR) is 31.2 cm³/mol. The Hall–Kier alpha value is -0.120. The van der Waals surface area contributed by atoms with Gasteiger partial charge in [-0.2, -0.15) is 0 Å². The van der Waals surface area contributed by atoms with E-state index in [0.717, 1.165) is 32.9 Å². The van der Waals surface area contributed by atoms with E-state index in [1.807, 2.05) is 0 Å². The van der Waals surface area contributed by atoms with Crippen molar-refractivity contribution in [2.24, 2.45) is 0 Å². The van der Waals surface area contributed by atoms with Crippen LogP contribution in [0.3, 0.4) is 0 Å². The summed E-state index contributed by atoms with van der Waals surface area (Å²) in [6.07, 6.45) is 0. The smallest absolute Gasteiger partial charge is 0.188 e. The molecule has 0 unspecified atom stereocenters. The van der Waals surface area contributed by atoms with E-state index >= 15 is 0 Å². The van der Waals surface area contributed by atoms with Gasteiger partial charge in [0.1, 0.15) is 13.1 Å². The fraction of sp³-hybridized carbons (Fsp3) is 1.00. The average molecular weight is 130 g/mol. The van der Waals surface area contributed by atoms with Crippen molar-refractivity contribution in [3.63, 3.8) is 0 Å². The SMILES string of the molecule is C1COC2(C[NH2+]C2)CO1. The number of nitrogens with two attached hydrogens (primary N) is 1. The van der Waals surface area contributed by atoms with Gasteiger partial charge < -0.3 is 14.8 Å². The van der Waals surface area contributed by atoms with E-state index in [0.29, 0.717) is 0 Å². The molecule has 0 bridgehead atoms. The van der Waals surface area contributed by atoms with Gasteiger partial charge in [-0.05, 0) is 0 Å². The zero-order valence-electron chi connectivity index (χ0n) is 5.43. The van der Waals surface area contributed by atoms with Gasteiger partial charge in [0.05, 0.1) is 19.8 Å². The standard InChI is InChI=1S/C6H11NO2/c1-2-9-6(5-8-1)3-7-4-6/h7H,1-5H2/p+1. The molecule has 0 atom stereocenters. The van der Waals surface area contributed by atoms with Gasteiger partial charge in [0.25, 0.3) is 0 Å². The predicted octanol–water partition coefficient (Wildman–Crippen LogP) is -1.65. The molecule has 2 aliphatic heterocycles. The Balaban J connectivity index is 1.93. The summed E-state index contributed by atoms with van der Waals surface area (Å²) in [5.74, 6) is 0. The first-order valence-electron chi connectivity index (χ1n) is 3.45. The lowest BCUT2D eigenvalue weighted by atomic mass is 9.98. The van der Waals surface area contributed by atoms with Crippen molar-refractivity contribution in [3.05, 3.63) is 0 Å². The molecular formula is C6H12NO2+. The van der Waals surface area contributed by atoms with Crippen LogP contribution in [0.15, 0.2) is 0 Å². The van der Waals surface area contributed by atoms with E-state index in [4.69, 9.17) is 9.47 Å². The highest BCUT2D eigenvalue weighted by Crippen LogP contribution is 2.15. The summed E-state index contributed by atoms with van der Waals surface area (Å²) in [6, 6.07) is 0. The first-order valence-corrected chi connectivity index (χ1v) is 3.45. The van der Waals surface area contributed by atoms with Crippen LogP contribution in [0.2, 0.25) is 0 Å². The highest BCUT2D eigenvalue weighted by Gasteiger charge is 2.44. The van der Waals surface area contributed by atoms with E-state index < -0.39 is 0 Å². The molecule has 0 amide bonds. The molecule has 52 valence electrons. The Labute approximate surface area is 54.3 Å². The first kappa shape index (κ1) is 5.65. The average Bonchev–Trinajstić information content (AvgIpc) is 1.87. The summed E-state index contributed by atoms with van der Waals surface area (Å²) in [4.78, 5) is 0. The number of quaternary nitrogens is 1. The Bertz CT molecular complexity index is 104. The molecule has 0 saturated carbocycles. The minimum Gasteiger partial charge on any atom is -0.376 e. The molecule has 1 spiro atoms. The van der Waals surface area contributed by atoms with Crippen molar-refractivity contribution in [3.8, 4) is 0 Å². The van der Waals surface area contributed by atoms with Crippen LogP contribution in [0.25, 0.3) is 0 Å². The largest absolute Gasteiger partial charge is 0.376 e. The van der Waals surface area contributed by atoms with Gasteiger partial charge in [0.2, 0.25) is 0 Å². The molecule has 0 radical (unpaired) electrons. The summed E-state index contributed by atoms with van der Waals surface area (Å²) >= 11 is 0. The van der Waals surface area contributed by atoms with Crippen molar-refractivity contribution in [1.82, 2.24) is 0 Å². The van der Waals surface area contributed by atoms with Crippen molar-refractivity contribution < 1.29 is 14.8 Å². The van der Waals surface area contributed by atoms with Gasteiger partial charge >= 0.3 is 0 Å². The molecule has 2 heterocycles. The van der Waals surface area contributed by atoms with Gasteiger partial charge in [0.15, 0.2) is 5.60 Å². The third-order valence-corrected chi connectivity index (χ3v) is 2.03. The molecule has 9 heavy (non-hydrogen) atoms. The van der Waals surface area contributed by atoms with E-state index in [2.05, 4.69) is 5.32 Å². The topological polar surface area (TPSA) is 35.1 Å². The fourth-order valence-corrected chi connectivity index (χ4v) is 1.32. The Kier molecular flexibility index (Phi) is 1.22. The Morgan fingerprint density at radius 3 is 2.44 bits per heavy atom. The van der Waals surface area contributed by atoms with Crippen LogP contribution >= 0.6 is 0 Å². The lowest BCUT2D eigenvalue weighted by Gasteiger charge is -2.40. The van der Waals surface area contributed by atoms with Crippen LogP contribution in [0.4, 0.5) is 0 Å². The van der Waals surface area contributed by atoms with Crippen LogP contribution in [0, 0.1) is 0 Å². The molecule has 2 N–H and O–H groups in total. The number of hydrogen-bond donors (Lipinski definition) is 1. The minimum atomic E-state index is 0.123.